The van der Waals surface area contributed by atoms with Crippen LogP contribution >= 0.6 is 0 Å². The van der Waals surface area contributed by atoms with Crippen molar-refractivity contribution in [2.75, 3.05) is 6.54 Å². The first-order chi connectivity index (χ1) is 20.5. The number of nitrogens with zero attached hydrogens (tertiary/aromatic N) is 2. The molecule has 0 spiro atoms. The molecule has 2 aromatic heterocycles. The third-order valence-corrected chi connectivity index (χ3v) is 7.66. The summed E-state index contributed by atoms with van der Waals surface area (Å²) in [6.07, 6.45) is 5.26. The van der Waals surface area contributed by atoms with Crippen LogP contribution < -0.4 is 5.32 Å². The number of pyridine rings is 1. The molecule has 0 radical (unpaired) electrons. The minimum absolute atomic E-state index is 0.329. The number of ether oxygens (including phenoxy) is 2. The number of fused-ring (bicyclic) bond motifs is 1. The van der Waals surface area contributed by atoms with Gasteiger partial charge < -0.3 is 19.2 Å². The van der Waals surface area contributed by atoms with Crippen LogP contribution in [0.15, 0.2) is 83.6 Å². The molecule has 0 bridgehead atoms. The number of aryl methyl sites for hydroxylation is 1. The van der Waals surface area contributed by atoms with Gasteiger partial charge in [-0.3, -0.25) is 9.88 Å². The largest absolute Gasteiger partial charge is 0.464 e. The molecule has 8 nitrogen and oxygen atoms in total. The number of carbonyl (C=O) groups excluding carboxylic acids is 2. The molecule has 1 N–H and O–H groups in total. The van der Waals surface area contributed by atoms with Gasteiger partial charge in [0.1, 0.15) is 16.8 Å². The predicted molar refractivity (Wildman–Crippen MR) is 167 cm³/mol. The highest BCUT2D eigenvalue weighted by molar-refractivity contribution is 5.86. The van der Waals surface area contributed by atoms with Crippen LogP contribution in [0.4, 0.5) is 9.59 Å². The van der Waals surface area contributed by atoms with Gasteiger partial charge in [-0.25, -0.2) is 9.59 Å². The minimum Gasteiger partial charge on any atom is -0.464 e. The van der Waals surface area contributed by atoms with Crippen molar-refractivity contribution in [1.29, 1.82) is 0 Å². The van der Waals surface area contributed by atoms with Gasteiger partial charge in [-0.1, -0.05) is 36.4 Å². The van der Waals surface area contributed by atoms with Gasteiger partial charge in [0.05, 0.1) is 24.0 Å². The molecule has 1 saturated heterocycles. The van der Waals surface area contributed by atoms with Crippen LogP contribution in [0, 0.1) is 0 Å². The van der Waals surface area contributed by atoms with Gasteiger partial charge in [0, 0.05) is 23.7 Å². The van der Waals surface area contributed by atoms with Crippen LogP contribution in [-0.2, 0) is 15.9 Å². The number of aromatic nitrogens is 1. The van der Waals surface area contributed by atoms with E-state index >= 15 is 0 Å². The topological polar surface area (TPSA) is 93.9 Å². The summed E-state index contributed by atoms with van der Waals surface area (Å²) in [6, 6.07) is 21.1. The molecule has 5 rings (SSSR count). The lowest BCUT2D eigenvalue weighted by Crippen LogP contribution is -2.53. The lowest BCUT2D eigenvalue weighted by Gasteiger charge is -2.42. The molecule has 1 fully saturated rings. The van der Waals surface area contributed by atoms with E-state index in [9.17, 15) is 9.59 Å². The Morgan fingerprint density at radius 2 is 1.77 bits per heavy atom. The van der Waals surface area contributed by atoms with Gasteiger partial charge in [0.25, 0.3) is 0 Å². The Morgan fingerprint density at radius 1 is 1.00 bits per heavy atom. The number of nitrogens with one attached hydrogen (secondary N) is 1. The van der Waals surface area contributed by atoms with Gasteiger partial charge in [-0.05, 0) is 102 Å². The van der Waals surface area contributed by atoms with Crippen molar-refractivity contribution in [3.8, 4) is 11.3 Å². The lowest BCUT2D eigenvalue weighted by molar-refractivity contribution is -0.000882. The molecular weight excluding hydrogens is 542 g/mol. The Labute approximate surface area is 253 Å². The molecule has 1 aliphatic rings. The molecule has 0 saturated carbocycles. The minimum atomic E-state index is -0.758. The molecule has 43 heavy (non-hydrogen) atoms. The molecule has 0 unspecified atom stereocenters. The summed E-state index contributed by atoms with van der Waals surface area (Å²) in [6.45, 7) is 9.94. The second-order valence-corrected chi connectivity index (χ2v) is 12.8. The molecule has 3 heterocycles. The zero-order valence-corrected chi connectivity index (χ0v) is 25.6. The van der Waals surface area contributed by atoms with Crippen molar-refractivity contribution in [3.05, 3.63) is 90.3 Å². The molecule has 4 aromatic rings. The first-order valence-electron chi connectivity index (χ1n) is 14.9. The maximum Gasteiger partial charge on any atom is 0.410 e. The Hall–Kier alpha value is -4.33. The van der Waals surface area contributed by atoms with Crippen LogP contribution in [0.25, 0.3) is 22.2 Å². The summed E-state index contributed by atoms with van der Waals surface area (Å²) in [4.78, 5) is 32.8. The highest BCUT2D eigenvalue weighted by Crippen LogP contribution is 2.34. The third kappa shape index (κ3) is 7.55. The second kappa shape index (κ2) is 12.5. The Bertz CT molecular complexity index is 1540. The summed E-state index contributed by atoms with van der Waals surface area (Å²) in [5.41, 5.74) is 3.32. The van der Waals surface area contributed by atoms with Crippen molar-refractivity contribution in [2.24, 2.45) is 0 Å². The fraction of sp³-hybridized carbons (Fsp3) is 0.400. The zero-order valence-electron chi connectivity index (χ0n) is 25.6. The van der Waals surface area contributed by atoms with Gasteiger partial charge in [-0.2, -0.15) is 0 Å². The van der Waals surface area contributed by atoms with E-state index in [1.807, 2.05) is 89.2 Å². The van der Waals surface area contributed by atoms with E-state index in [-0.39, 0.29) is 12.1 Å². The molecule has 8 heteroatoms. The van der Waals surface area contributed by atoms with Crippen molar-refractivity contribution in [3.63, 3.8) is 0 Å². The van der Waals surface area contributed by atoms with Gasteiger partial charge >= 0.3 is 12.2 Å². The van der Waals surface area contributed by atoms with Crippen LogP contribution in [0.5, 0.6) is 0 Å². The predicted octanol–water partition coefficient (Wildman–Crippen LogP) is 8.07. The lowest BCUT2D eigenvalue weighted by atomic mass is 9.90. The van der Waals surface area contributed by atoms with Crippen LogP contribution in [0.3, 0.4) is 0 Å². The SMILES string of the molecule is CC(C)(C)OC(=O)N1CCC[C@@H](NC(=O)OC(C)(C)CCc2cc(-c3ccccn3)cc3ccoc23)[C@H]1c1ccccc1. The standard InChI is InChI=1S/C35H41N3O5/c1-34(2,3)43-33(40)38-20-11-15-29(30(38)24-12-7-6-8-13-24)37-32(39)42-35(4,5)18-16-25-22-27(28-14-9-10-19-36-28)23-26-17-21-41-31(25)26/h6-10,12-14,17,19,21-23,29-30H,11,15-16,18,20H2,1-5H3,(H,37,39)/t29-,30-/m1/s1. The summed E-state index contributed by atoms with van der Waals surface area (Å²) >= 11 is 0. The van der Waals surface area contributed by atoms with E-state index in [1.54, 1.807) is 17.4 Å². The molecule has 1 aliphatic heterocycles. The molecule has 2 atom stereocenters. The number of carbonyl (C=O) groups is 2. The first kappa shape index (κ1) is 30.1. The second-order valence-electron chi connectivity index (χ2n) is 12.8. The van der Waals surface area contributed by atoms with Crippen molar-refractivity contribution in [2.45, 2.75) is 83.6 Å². The monoisotopic (exact) mass is 583 g/mol. The van der Waals surface area contributed by atoms with E-state index in [1.165, 1.54) is 0 Å². The zero-order chi connectivity index (χ0) is 30.6. The number of likely N-dealkylation sites (tertiary alicyclic amines) is 1. The number of alkyl carbamates (subject to hydrolysis) is 1. The Kier molecular flexibility index (Phi) is 8.76. The molecule has 226 valence electrons. The quantitative estimate of drug-likeness (QED) is 0.236. The maximum absolute atomic E-state index is 13.3. The third-order valence-electron chi connectivity index (χ3n) is 7.66. The van der Waals surface area contributed by atoms with Crippen LogP contribution in [-0.4, -0.2) is 45.9 Å². The molecule has 2 aromatic carbocycles. The van der Waals surface area contributed by atoms with Crippen LogP contribution in [0.1, 0.15) is 71.0 Å². The van der Waals surface area contributed by atoms with E-state index in [0.29, 0.717) is 25.8 Å². The number of furan rings is 1. The summed E-state index contributed by atoms with van der Waals surface area (Å²) in [7, 11) is 0. The van der Waals surface area contributed by atoms with E-state index in [4.69, 9.17) is 13.9 Å². The van der Waals surface area contributed by atoms with Gasteiger partial charge in [0.15, 0.2) is 0 Å². The van der Waals surface area contributed by atoms with E-state index in [2.05, 4.69) is 22.4 Å². The number of amides is 2. The first-order valence-corrected chi connectivity index (χ1v) is 14.9. The fourth-order valence-electron chi connectivity index (χ4n) is 5.68. The molecule has 2 amide bonds. The number of hydrogen-bond donors (Lipinski definition) is 1. The number of hydrogen-bond acceptors (Lipinski definition) is 6. The molecule has 0 aliphatic carbocycles. The number of rotatable bonds is 7. The highest BCUT2D eigenvalue weighted by atomic mass is 16.6. The summed E-state index contributed by atoms with van der Waals surface area (Å²) in [5, 5.41) is 4.10. The number of piperidine rings is 1. The van der Waals surface area contributed by atoms with Crippen molar-refractivity contribution >= 4 is 23.2 Å². The highest BCUT2D eigenvalue weighted by Gasteiger charge is 2.39. The van der Waals surface area contributed by atoms with Crippen molar-refractivity contribution < 1.29 is 23.5 Å². The van der Waals surface area contributed by atoms with E-state index in [0.717, 1.165) is 39.8 Å². The van der Waals surface area contributed by atoms with Gasteiger partial charge in [0.2, 0.25) is 0 Å². The van der Waals surface area contributed by atoms with Crippen molar-refractivity contribution in [1.82, 2.24) is 15.2 Å². The Balaban J connectivity index is 1.28. The summed E-state index contributed by atoms with van der Waals surface area (Å²) in [5.74, 6) is 0. The Morgan fingerprint density at radius 3 is 2.49 bits per heavy atom. The number of benzene rings is 2. The van der Waals surface area contributed by atoms with Crippen LogP contribution in [0.2, 0.25) is 0 Å². The van der Waals surface area contributed by atoms with E-state index < -0.39 is 23.4 Å². The normalized spacial score (nSPS) is 17.5. The summed E-state index contributed by atoms with van der Waals surface area (Å²) < 4.78 is 17.6. The molecular formula is C35H41N3O5. The maximum atomic E-state index is 13.3. The average molecular weight is 584 g/mol. The average Bonchev–Trinajstić information content (AvgIpc) is 3.44. The van der Waals surface area contributed by atoms with Gasteiger partial charge in [-0.15, -0.1) is 0 Å². The fourth-order valence-corrected chi connectivity index (χ4v) is 5.68. The smallest absolute Gasteiger partial charge is 0.410 e.